The Morgan fingerprint density at radius 2 is 2.18 bits per heavy atom. The van der Waals surface area contributed by atoms with Crippen molar-refractivity contribution in [3.05, 3.63) is 0 Å². The van der Waals surface area contributed by atoms with Crippen LogP contribution in [0.4, 0.5) is 0 Å². The van der Waals surface area contributed by atoms with Gasteiger partial charge in [0, 0.05) is 18.6 Å². The summed E-state index contributed by atoms with van der Waals surface area (Å²) in [5.74, 6) is 0.854. The monoisotopic (exact) mass is 241 g/mol. The van der Waals surface area contributed by atoms with E-state index < -0.39 is 0 Å². The number of fused-ring (bicyclic) bond motifs is 1. The second-order valence-corrected chi connectivity index (χ2v) is 5.77. The van der Waals surface area contributed by atoms with Crippen molar-refractivity contribution in [1.82, 2.24) is 9.80 Å². The molecule has 2 saturated heterocycles. The second-order valence-electron chi connectivity index (χ2n) is 5.77. The minimum Gasteiger partial charge on any atom is -0.395 e. The Labute approximate surface area is 105 Å². The zero-order valence-electron chi connectivity index (χ0n) is 11.0. The van der Waals surface area contributed by atoms with Gasteiger partial charge in [-0.25, -0.2) is 0 Å². The van der Waals surface area contributed by atoms with Crippen LogP contribution in [0.1, 0.15) is 25.7 Å². The van der Waals surface area contributed by atoms with Gasteiger partial charge >= 0.3 is 0 Å². The van der Waals surface area contributed by atoms with Gasteiger partial charge in [0.1, 0.15) is 0 Å². The van der Waals surface area contributed by atoms with E-state index in [-0.39, 0.29) is 12.6 Å². The lowest BCUT2D eigenvalue weighted by atomic mass is 9.84. The highest BCUT2D eigenvalue weighted by Gasteiger charge is 2.33. The number of nitrogens with two attached hydrogens (primary N) is 1. The largest absolute Gasteiger partial charge is 0.395 e. The first-order valence-corrected chi connectivity index (χ1v) is 6.99. The lowest BCUT2D eigenvalue weighted by molar-refractivity contribution is 0.0369. The van der Waals surface area contributed by atoms with E-state index in [4.69, 9.17) is 10.8 Å². The molecule has 17 heavy (non-hydrogen) atoms. The molecule has 4 heteroatoms. The summed E-state index contributed by atoms with van der Waals surface area (Å²) in [7, 11) is 2.27. The fourth-order valence-corrected chi connectivity index (χ4v) is 3.37. The number of hydrogen-bond acceptors (Lipinski definition) is 4. The Morgan fingerprint density at radius 3 is 2.94 bits per heavy atom. The van der Waals surface area contributed by atoms with Gasteiger partial charge in [0.2, 0.25) is 0 Å². The zero-order valence-corrected chi connectivity index (χ0v) is 11.0. The molecular formula is C13H27N3O. The van der Waals surface area contributed by atoms with Crippen LogP contribution in [-0.2, 0) is 0 Å². The molecule has 3 N–H and O–H groups in total. The van der Waals surface area contributed by atoms with Crippen molar-refractivity contribution in [2.75, 3.05) is 39.8 Å². The molecule has 0 aromatic carbocycles. The summed E-state index contributed by atoms with van der Waals surface area (Å²) < 4.78 is 0. The van der Waals surface area contributed by atoms with Crippen LogP contribution in [0.15, 0.2) is 0 Å². The molecule has 0 bridgehead atoms. The second kappa shape index (κ2) is 6.14. The molecular weight excluding hydrogens is 214 g/mol. The van der Waals surface area contributed by atoms with Crippen LogP contribution >= 0.6 is 0 Å². The molecule has 3 unspecified atom stereocenters. The van der Waals surface area contributed by atoms with Crippen molar-refractivity contribution in [3.8, 4) is 0 Å². The average Bonchev–Trinajstić information content (AvgIpc) is 2.36. The third kappa shape index (κ3) is 3.41. The third-order valence-electron chi connectivity index (χ3n) is 4.48. The summed E-state index contributed by atoms with van der Waals surface area (Å²) >= 11 is 0. The van der Waals surface area contributed by atoms with Gasteiger partial charge in [-0.2, -0.15) is 0 Å². The van der Waals surface area contributed by atoms with Crippen LogP contribution in [0.5, 0.6) is 0 Å². The van der Waals surface area contributed by atoms with E-state index in [9.17, 15) is 0 Å². The smallest absolute Gasteiger partial charge is 0.0583 e. The lowest BCUT2D eigenvalue weighted by Crippen LogP contribution is -2.53. The summed E-state index contributed by atoms with van der Waals surface area (Å²) in [6, 6.07) is 0.772. The first kappa shape index (κ1) is 13.3. The third-order valence-corrected chi connectivity index (χ3v) is 4.48. The lowest BCUT2D eigenvalue weighted by Gasteiger charge is -2.46. The molecule has 0 aliphatic carbocycles. The van der Waals surface area contributed by atoms with Crippen molar-refractivity contribution < 1.29 is 5.11 Å². The maximum Gasteiger partial charge on any atom is 0.0583 e. The number of nitrogens with zero attached hydrogens (tertiary/aromatic N) is 2. The summed E-state index contributed by atoms with van der Waals surface area (Å²) in [5.41, 5.74) is 5.76. The molecule has 3 atom stereocenters. The molecule has 0 saturated carbocycles. The highest BCUT2D eigenvalue weighted by Crippen LogP contribution is 2.29. The first-order chi connectivity index (χ1) is 8.20. The van der Waals surface area contributed by atoms with E-state index in [0.717, 1.165) is 24.9 Å². The van der Waals surface area contributed by atoms with Gasteiger partial charge in [-0.05, 0) is 58.3 Å². The molecule has 2 heterocycles. The summed E-state index contributed by atoms with van der Waals surface area (Å²) in [6.45, 7) is 4.87. The van der Waals surface area contributed by atoms with Gasteiger partial charge in [0.05, 0.1) is 6.61 Å². The maximum atomic E-state index is 8.94. The topological polar surface area (TPSA) is 52.7 Å². The van der Waals surface area contributed by atoms with E-state index in [1.54, 1.807) is 0 Å². The quantitative estimate of drug-likeness (QED) is 0.734. The van der Waals surface area contributed by atoms with Crippen molar-refractivity contribution in [2.24, 2.45) is 11.7 Å². The van der Waals surface area contributed by atoms with Crippen molar-refractivity contribution in [2.45, 2.75) is 37.8 Å². The Morgan fingerprint density at radius 1 is 1.35 bits per heavy atom. The number of hydrogen-bond donors (Lipinski definition) is 2. The summed E-state index contributed by atoms with van der Waals surface area (Å²) in [6.07, 6.45) is 4.96. The van der Waals surface area contributed by atoms with Crippen molar-refractivity contribution in [1.29, 1.82) is 0 Å². The molecule has 0 radical (unpaired) electrons. The summed E-state index contributed by atoms with van der Waals surface area (Å²) in [5, 5.41) is 8.94. The van der Waals surface area contributed by atoms with E-state index in [0.29, 0.717) is 0 Å². The standard InChI is InChI=1S/C13H27N3O/c1-15-6-2-3-11-9-16(8-5-13(11)15)7-4-12(14)10-17/h11-13,17H,2-10,14H2,1H3. The Balaban J connectivity index is 1.77. The zero-order chi connectivity index (χ0) is 12.3. The fourth-order valence-electron chi connectivity index (χ4n) is 3.37. The normalized spacial score (nSPS) is 33.4. The SMILES string of the molecule is CN1CCCC2CN(CCC(N)CO)CCC21. The fraction of sp³-hybridized carbons (Fsp3) is 1.00. The van der Waals surface area contributed by atoms with Gasteiger partial charge < -0.3 is 20.6 Å². The molecule has 0 amide bonds. The number of likely N-dealkylation sites (tertiary alicyclic amines) is 2. The van der Waals surface area contributed by atoms with Crippen LogP contribution < -0.4 is 5.73 Å². The Kier molecular flexibility index (Phi) is 4.79. The summed E-state index contributed by atoms with van der Waals surface area (Å²) in [4.78, 5) is 5.08. The first-order valence-electron chi connectivity index (χ1n) is 6.99. The molecule has 2 aliphatic heterocycles. The van der Waals surface area contributed by atoms with E-state index >= 15 is 0 Å². The average molecular weight is 241 g/mol. The van der Waals surface area contributed by atoms with Crippen LogP contribution in [0.25, 0.3) is 0 Å². The van der Waals surface area contributed by atoms with E-state index in [1.807, 2.05) is 0 Å². The molecule has 100 valence electrons. The number of aliphatic hydroxyl groups excluding tert-OH is 1. The van der Waals surface area contributed by atoms with Gasteiger partial charge in [-0.3, -0.25) is 0 Å². The van der Waals surface area contributed by atoms with E-state index in [2.05, 4.69) is 16.8 Å². The van der Waals surface area contributed by atoms with Crippen LogP contribution in [-0.4, -0.2) is 66.8 Å². The van der Waals surface area contributed by atoms with Gasteiger partial charge in [-0.15, -0.1) is 0 Å². The van der Waals surface area contributed by atoms with Crippen molar-refractivity contribution in [3.63, 3.8) is 0 Å². The van der Waals surface area contributed by atoms with Gasteiger partial charge in [0.15, 0.2) is 0 Å². The highest BCUT2D eigenvalue weighted by molar-refractivity contribution is 4.89. The maximum absolute atomic E-state index is 8.94. The van der Waals surface area contributed by atoms with Crippen LogP contribution in [0.3, 0.4) is 0 Å². The Hall–Kier alpha value is -0.160. The van der Waals surface area contributed by atoms with Gasteiger partial charge in [0.25, 0.3) is 0 Å². The molecule has 0 aromatic rings. The predicted molar refractivity (Wildman–Crippen MR) is 69.9 cm³/mol. The molecule has 4 nitrogen and oxygen atoms in total. The van der Waals surface area contributed by atoms with Crippen LogP contribution in [0, 0.1) is 5.92 Å². The highest BCUT2D eigenvalue weighted by atomic mass is 16.3. The number of rotatable bonds is 4. The van der Waals surface area contributed by atoms with Crippen LogP contribution in [0.2, 0.25) is 0 Å². The predicted octanol–water partition coefficient (Wildman–Crippen LogP) is 0.112. The number of aliphatic hydroxyl groups is 1. The molecule has 2 fully saturated rings. The van der Waals surface area contributed by atoms with Crippen molar-refractivity contribution >= 4 is 0 Å². The molecule has 0 aromatic heterocycles. The van der Waals surface area contributed by atoms with E-state index in [1.165, 1.54) is 38.9 Å². The Bertz CT molecular complexity index is 237. The van der Waals surface area contributed by atoms with Gasteiger partial charge in [-0.1, -0.05) is 0 Å². The minimum absolute atomic E-state index is 0.0400. The minimum atomic E-state index is -0.0400. The molecule has 0 spiro atoms. The number of piperidine rings is 2. The molecule has 2 aliphatic rings. The molecule has 2 rings (SSSR count).